The molecule has 102 valence electrons. The molecule has 0 saturated carbocycles. The molecule has 0 aliphatic heterocycles. The lowest BCUT2D eigenvalue weighted by Gasteiger charge is -2.20. The van der Waals surface area contributed by atoms with E-state index in [0.717, 1.165) is 12.0 Å². The number of benzene rings is 1. The van der Waals surface area contributed by atoms with Gasteiger partial charge in [-0.05, 0) is 40.0 Å². The first-order chi connectivity index (χ1) is 8.47. The molecule has 0 atom stereocenters. The first-order valence-electron chi connectivity index (χ1n) is 5.81. The van der Waals surface area contributed by atoms with E-state index in [2.05, 4.69) is 15.9 Å². The second-order valence-electron chi connectivity index (χ2n) is 3.90. The summed E-state index contributed by atoms with van der Waals surface area (Å²) in [6, 6.07) is 5.10. The van der Waals surface area contributed by atoms with Gasteiger partial charge in [0.15, 0.2) is 0 Å². The summed E-state index contributed by atoms with van der Waals surface area (Å²) in [4.78, 5) is 0.298. The smallest absolute Gasteiger partial charge is 0.207 e. The lowest BCUT2D eigenvalue weighted by Crippen LogP contribution is -2.31. The van der Waals surface area contributed by atoms with Crippen LogP contribution in [0.4, 0.5) is 0 Å². The van der Waals surface area contributed by atoms with Crippen LogP contribution in [-0.4, -0.2) is 25.8 Å². The largest absolute Gasteiger partial charge is 0.244 e. The molecule has 0 radical (unpaired) electrons. The molecule has 0 N–H and O–H groups in total. The summed E-state index contributed by atoms with van der Waals surface area (Å²) < 4.78 is 26.9. The fourth-order valence-electron chi connectivity index (χ4n) is 1.67. The van der Waals surface area contributed by atoms with Crippen LogP contribution in [0.3, 0.4) is 0 Å². The number of sulfonamides is 1. The summed E-state index contributed by atoms with van der Waals surface area (Å²) in [6.07, 6.45) is 0.796. The van der Waals surface area contributed by atoms with Crippen molar-refractivity contribution in [2.75, 3.05) is 13.1 Å². The van der Waals surface area contributed by atoms with Crippen molar-refractivity contribution in [2.24, 2.45) is 0 Å². The van der Waals surface area contributed by atoms with Crippen LogP contribution in [0.25, 0.3) is 0 Å². The minimum atomic E-state index is -3.43. The third kappa shape index (κ3) is 3.47. The van der Waals surface area contributed by atoms with Gasteiger partial charge in [0.1, 0.15) is 0 Å². The number of rotatable bonds is 6. The van der Waals surface area contributed by atoms with E-state index in [1.165, 1.54) is 4.31 Å². The molecule has 3 nitrogen and oxygen atoms in total. The van der Waals surface area contributed by atoms with Crippen LogP contribution in [0, 0.1) is 0 Å². The topological polar surface area (TPSA) is 37.4 Å². The van der Waals surface area contributed by atoms with Crippen LogP contribution in [0.2, 0.25) is 0 Å². The summed E-state index contributed by atoms with van der Waals surface area (Å²) in [5.41, 5.74) is 0.890. The van der Waals surface area contributed by atoms with Crippen molar-refractivity contribution < 1.29 is 8.42 Å². The molecule has 0 amide bonds. The molecular weight excluding hydrogens is 338 g/mol. The van der Waals surface area contributed by atoms with E-state index in [-0.39, 0.29) is 0 Å². The van der Waals surface area contributed by atoms with E-state index < -0.39 is 10.0 Å². The average molecular weight is 355 g/mol. The highest BCUT2D eigenvalue weighted by Crippen LogP contribution is 2.26. The highest BCUT2D eigenvalue weighted by molar-refractivity contribution is 9.10. The van der Waals surface area contributed by atoms with Crippen molar-refractivity contribution in [3.05, 3.63) is 28.2 Å². The molecule has 0 aromatic heterocycles. The van der Waals surface area contributed by atoms with E-state index in [1.54, 1.807) is 18.2 Å². The van der Waals surface area contributed by atoms with Gasteiger partial charge in [0.05, 0.1) is 4.90 Å². The number of halogens is 2. The van der Waals surface area contributed by atoms with Crippen LogP contribution in [0.1, 0.15) is 25.8 Å². The standard InChI is InChI=1S/C12H17BrClNO2S/c1-3-7-15(4-2)18(16,17)12-6-5-10(9-14)8-11(12)13/h5-6,8H,3-4,7,9H2,1-2H3. The molecule has 0 unspecified atom stereocenters. The molecule has 0 aliphatic carbocycles. The Labute approximate surface area is 122 Å². The van der Waals surface area contributed by atoms with Gasteiger partial charge < -0.3 is 0 Å². The molecule has 0 fully saturated rings. The maximum atomic E-state index is 12.4. The third-order valence-electron chi connectivity index (χ3n) is 2.59. The quantitative estimate of drug-likeness (QED) is 0.732. The molecule has 0 saturated heterocycles. The van der Waals surface area contributed by atoms with Gasteiger partial charge in [-0.25, -0.2) is 8.42 Å². The monoisotopic (exact) mass is 353 g/mol. The van der Waals surface area contributed by atoms with Gasteiger partial charge in [0.2, 0.25) is 10.0 Å². The van der Waals surface area contributed by atoms with Gasteiger partial charge in [0.25, 0.3) is 0 Å². The Bertz CT molecular complexity index is 505. The summed E-state index contributed by atoms with van der Waals surface area (Å²) >= 11 is 9.03. The van der Waals surface area contributed by atoms with E-state index in [9.17, 15) is 8.42 Å². The Kier molecular flexibility index (Phi) is 6.11. The van der Waals surface area contributed by atoms with Crippen molar-refractivity contribution in [1.82, 2.24) is 4.31 Å². The molecule has 6 heteroatoms. The van der Waals surface area contributed by atoms with Crippen LogP contribution in [-0.2, 0) is 15.9 Å². The fraction of sp³-hybridized carbons (Fsp3) is 0.500. The Hall–Kier alpha value is -0.100. The average Bonchev–Trinajstić information content (AvgIpc) is 2.35. The molecule has 0 bridgehead atoms. The maximum Gasteiger partial charge on any atom is 0.244 e. The summed E-state index contributed by atoms with van der Waals surface area (Å²) in [7, 11) is -3.43. The molecule has 1 aromatic rings. The van der Waals surface area contributed by atoms with Crippen molar-refractivity contribution in [2.45, 2.75) is 31.0 Å². The first kappa shape index (κ1) is 16.0. The number of hydrogen-bond acceptors (Lipinski definition) is 2. The van der Waals surface area contributed by atoms with Gasteiger partial charge in [-0.1, -0.05) is 19.9 Å². The van der Waals surface area contributed by atoms with E-state index in [0.29, 0.717) is 28.3 Å². The van der Waals surface area contributed by atoms with Gasteiger partial charge >= 0.3 is 0 Å². The lowest BCUT2D eigenvalue weighted by atomic mass is 10.2. The van der Waals surface area contributed by atoms with Crippen molar-refractivity contribution in [3.63, 3.8) is 0 Å². The molecule has 18 heavy (non-hydrogen) atoms. The lowest BCUT2D eigenvalue weighted by molar-refractivity contribution is 0.427. The van der Waals surface area contributed by atoms with Crippen LogP contribution < -0.4 is 0 Å². The highest BCUT2D eigenvalue weighted by atomic mass is 79.9. The van der Waals surface area contributed by atoms with Crippen molar-refractivity contribution >= 4 is 37.6 Å². The van der Waals surface area contributed by atoms with Crippen molar-refractivity contribution in [1.29, 1.82) is 0 Å². The van der Waals surface area contributed by atoms with E-state index >= 15 is 0 Å². The summed E-state index contributed by atoms with van der Waals surface area (Å²) in [6.45, 7) is 4.81. The zero-order chi connectivity index (χ0) is 13.8. The van der Waals surface area contributed by atoms with Crippen LogP contribution >= 0.6 is 27.5 Å². The molecule has 1 rings (SSSR count). The number of hydrogen-bond donors (Lipinski definition) is 0. The second-order valence-corrected chi connectivity index (χ2v) is 6.92. The predicted octanol–water partition coefficient (Wildman–Crippen LogP) is 3.61. The normalized spacial score (nSPS) is 12.1. The Balaban J connectivity index is 3.19. The SMILES string of the molecule is CCCN(CC)S(=O)(=O)c1ccc(CCl)cc1Br. The number of alkyl halides is 1. The van der Waals surface area contributed by atoms with Gasteiger partial charge in [-0.2, -0.15) is 4.31 Å². The Morgan fingerprint density at radius 2 is 2.00 bits per heavy atom. The minimum Gasteiger partial charge on any atom is -0.207 e. The molecule has 0 spiro atoms. The number of nitrogens with zero attached hydrogens (tertiary/aromatic N) is 1. The Morgan fingerprint density at radius 1 is 1.33 bits per heavy atom. The summed E-state index contributed by atoms with van der Waals surface area (Å²) in [5, 5.41) is 0. The summed E-state index contributed by atoms with van der Waals surface area (Å²) in [5.74, 6) is 0.366. The van der Waals surface area contributed by atoms with Gasteiger partial charge in [-0.15, -0.1) is 11.6 Å². The fourth-order valence-corrected chi connectivity index (χ4v) is 4.47. The van der Waals surface area contributed by atoms with Crippen LogP contribution in [0.15, 0.2) is 27.6 Å². The van der Waals surface area contributed by atoms with E-state index in [4.69, 9.17) is 11.6 Å². The van der Waals surface area contributed by atoms with E-state index in [1.807, 2.05) is 13.8 Å². The third-order valence-corrected chi connectivity index (χ3v) is 5.85. The zero-order valence-corrected chi connectivity index (χ0v) is 13.6. The molecular formula is C12H17BrClNO2S. The van der Waals surface area contributed by atoms with Crippen molar-refractivity contribution in [3.8, 4) is 0 Å². The maximum absolute atomic E-state index is 12.4. The second kappa shape index (κ2) is 6.89. The molecule has 0 heterocycles. The molecule has 1 aromatic carbocycles. The minimum absolute atomic E-state index is 0.298. The van der Waals surface area contributed by atoms with Crippen LogP contribution in [0.5, 0.6) is 0 Å². The Morgan fingerprint density at radius 3 is 2.44 bits per heavy atom. The highest BCUT2D eigenvalue weighted by Gasteiger charge is 2.24. The van der Waals surface area contributed by atoms with Gasteiger partial charge in [0, 0.05) is 23.4 Å². The first-order valence-corrected chi connectivity index (χ1v) is 8.58. The van der Waals surface area contributed by atoms with Gasteiger partial charge in [-0.3, -0.25) is 0 Å². The predicted molar refractivity (Wildman–Crippen MR) is 78.4 cm³/mol. The zero-order valence-electron chi connectivity index (χ0n) is 10.5. The molecule has 0 aliphatic rings.